The summed E-state index contributed by atoms with van der Waals surface area (Å²) in [7, 11) is 0. The van der Waals surface area contributed by atoms with Crippen molar-refractivity contribution >= 4 is 17.5 Å². The second-order valence-electron chi connectivity index (χ2n) is 5.50. The van der Waals surface area contributed by atoms with Gasteiger partial charge in [0.2, 0.25) is 5.91 Å². The minimum Gasteiger partial charge on any atom is -0.482 e. The quantitative estimate of drug-likeness (QED) is 0.831. The molecule has 2 heterocycles. The van der Waals surface area contributed by atoms with E-state index in [1.165, 1.54) is 4.90 Å². The first-order valence-corrected chi connectivity index (χ1v) is 7.58. The van der Waals surface area contributed by atoms with Crippen LogP contribution in [-0.2, 0) is 14.3 Å². The van der Waals surface area contributed by atoms with Crippen molar-refractivity contribution < 1.29 is 19.1 Å². The molecule has 1 aromatic carbocycles. The molecule has 2 amide bonds. The molecule has 6 nitrogen and oxygen atoms in total. The minimum absolute atomic E-state index is 0.0748. The summed E-state index contributed by atoms with van der Waals surface area (Å²) in [6, 6.07) is 6.65. The average Bonchev–Trinajstić information content (AvgIpc) is 3.09. The number of fused-ring (bicyclic) bond motifs is 1. The Morgan fingerprint density at radius 2 is 2.30 bits per heavy atom. The number of hydrogen-bond acceptors (Lipinski definition) is 4. The van der Waals surface area contributed by atoms with Crippen molar-refractivity contribution in [3.63, 3.8) is 0 Å². The van der Waals surface area contributed by atoms with Crippen LogP contribution in [0, 0.1) is 12.3 Å². The van der Waals surface area contributed by atoms with Crippen LogP contribution in [0.15, 0.2) is 24.3 Å². The molecule has 1 N–H and O–H groups in total. The first-order chi connectivity index (χ1) is 11.2. The predicted octanol–water partition coefficient (Wildman–Crippen LogP) is 0.709. The summed E-state index contributed by atoms with van der Waals surface area (Å²) in [5, 5.41) is 2.77. The molecule has 2 aliphatic heterocycles. The number of hydrogen-bond donors (Lipinski definition) is 1. The Morgan fingerprint density at radius 3 is 3.04 bits per heavy atom. The summed E-state index contributed by atoms with van der Waals surface area (Å²) >= 11 is 0. The standard InChI is InChI=1S/C17H18N2O4/c1-2-12(14-8-5-9-22-14)18-16(20)10-19-13-6-3-4-7-15(13)23-11-17(19)21/h1,3-4,6-7,12,14H,5,8-11H2,(H,18,20). The Morgan fingerprint density at radius 1 is 1.48 bits per heavy atom. The van der Waals surface area contributed by atoms with Crippen LogP contribution >= 0.6 is 0 Å². The second-order valence-corrected chi connectivity index (χ2v) is 5.50. The van der Waals surface area contributed by atoms with Gasteiger partial charge < -0.3 is 14.8 Å². The zero-order valence-electron chi connectivity index (χ0n) is 12.7. The summed E-state index contributed by atoms with van der Waals surface area (Å²) < 4.78 is 10.9. The van der Waals surface area contributed by atoms with E-state index in [9.17, 15) is 9.59 Å². The summed E-state index contributed by atoms with van der Waals surface area (Å²) in [5.74, 6) is 2.58. The predicted molar refractivity (Wildman–Crippen MR) is 84.0 cm³/mol. The Hall–Kier alpha value is -2.52. The van der Waals surface area contributed by atoms with Crippen molar-refractivity contribution in [2.75, 3.05) is 24.7 Å². The highest BCUT2D eigenvalue weighted by atomic mass is 16.5. The molecule has 23 heavy (non-hydrogen) atoms. The van der Waals surface area contributed by atoms with E-state index in [2.05, 4.69) is 11.2 Å². The molecule has 2 unspecified atom stereocenters. The summed E-state index contributed by atoms with van der Waals surface area (Å²) in [4.78, 5) is 25.8. The fourth-order valence-corrected chi connectivity index (χ4v) is 2.80. The van der Waals surface area contributed by atoms with Gasteiger partial charge in [-0.25, -0.2) is 0 Å². The lowest BCUT2D eigenvalue weighted by Crippen LogP contribution is -2.49. The summed E-state index contributed by atoms with van der Waals surface area (Å²) in [5.41, 5.74) is 0.591. The number of benzene rings is 1. The summed E-state index contributed by atoms with van der Waals surface area (Å²) in [6.07, 6.45) is 7.10. The number of para-hydroxylation sites is 2. The second kappa shape index (κ2) is 6.71. The van der Waals surface area contributed by atoms with Crippen LogP contribution in [0.2, 0.25) is 0 Å². The highest BCUT2D eigenvalue weighted by Crippen LogP contribution is 2.31. The van der Waals surface area contributed by atoms with Gasteiger partial charge in [-0.15, -0.1) is 6.42 Å². The Kier molecular flexibility index (Phi) is 4.49. The molecule has 0 aliphatic carbocycles. The van der Waals surface area contributed by atoms with Gasteiger partial charge in [0.05, 0.1) is 11.8 Å². The highest BCUT2D eigenvalue weighted by Gasteiger charge is 2.30. The molecule has 0 spiro atoms. The average molecular weight is 314 g/mol. The van der Waals surface area contributed by atoms with E-state index < -0.39 is 6.04 Å². The van der Waals surface area contributed by atoms with Crippen molar-refractivity contribution in [2.45, 2.75) is 25.0 Å². The van der Waals surface area contributed by atoms with Crippen LogP contribution < -0.4 is 15.0 Å². The highest BCUT2D eigenvalue weighted by molar-refractivity contribution is 6.02. The van der Waals surface area contributed by atoms with Gasteiger partial charge in [0.15, 0.2) is 6.61 Å². The van der Waals surface area contributed by atoms with E-state index in [-0.39, 0.29) is 31.1 Å². The van der Waals surface area contributed by atoms with E-state index in [0.29, 0.717) is 18.0 Å². The van der Waals surface area contributed by atoms with E-state index in [0.717, 1.165) is 12.8 Å². The maximum atomic E-state index is 12.3. The van der Waals surface area contributed by atoms with Gasteiger partial charge in [-0.3, -0.25) is 14.5 Å². The fourth-order valence-electron chi connectivity index (χ4n) is 2.80. The molecule has 0 aromatic heterocycles. The molecule has 2 aliphatic rings. The third-order valence-corrected chi connectivity index (χ3v) is 3.94. The molecule has 1 saturated heterocycles. The number of ether oxygens (including phenoxy) is 2. The molecule has 0 radical (unpaired) electrons. The Balaban J connectivity index is 1.67. The molecule has 3 rings (SSSR count). The van der Waals surface area contributed by atoms with Crippen molar-refractivity contribution in [3.8, 4) is 18.1 Å². The van der Waals surface area contributed by atoms with Crippen molar-refractivity contribution in [2.24, 2.45) is 0 Å². The van der Waals surface area contributed by atoms with Gasteiger partial charge in [-0.05, 0) is 25.0 Å². The van der Waals surface area contributed by atoms with Crippen LogP contribution in [0.25, 0.3) is 0 Å². The first kappa shape index (κ1) is 15.4. The number of nitrogens with zero attached hydrogens (tertiary/aromatic N) is 1. The topological polar surface area (TPSA) is 67.9 Å². The zero-order chi connectivity index (χ0) is 16.2. The van der Waals surface area contributed by atoms with Crippen molar-refractivity contribution in [3.05, 3.63) is 24.3 Å². The van der Waals surface area contributed by atoms with Gasteiger partial charge in [-0.2, -0.15) is 0 Å². The lowest BCUT2D eigenvalue weighted by atomic mass is 10.1. The number of amides is 2. The van der Waals surface area contributed by atoms with Crippen molar-refractivity contribution in [1.82, 2.24) is 5.32 Å². The largest absolute Gasteiger partial charge is 0.482 e. The normalized spacial score (nSPS) is 21.1. The number of carbonyl (C=O) groups excluding carboxylic acids is 2. The lowest BCUT2D eigenvalue weighted by Gasteiger charge is -2.29. The number of terminal acetylenes is 1. The van der Waals surface area contributed by atoms with E-state index in [4.69, 9.17) is 15.9 Å². The lowest BCUT2D eigenvalue weighted by molar-refractivity contribution is -0.125. The zero-order valence-corrected chi connectivity index (χ0v) is 12.7. The number of rotatable bonds is 4. The fraction of sp³-hybridized carbons (Fsp3) is 0.412. The third kappa shape index (κ3) is 3.30. The maximum absolute atomic E-state index is 12.3. The Labute approximate surface area is 134 Å². The maximum Gasteiger partial charge on any atom is 0.265 e. The summed E-state index contributed by atoms with van der Waals surface area (Å²) in [6.45, 7) is 0.493. The van der Waals surface area contributed by atoms with Crippen LogP contribution in [0.5, 0.6) is 5.75 Å². The van der Waals surface area contributed by atoms with Gasteiger partial charge in [0.25, 0.3) is 5.91 Å². The molecular formula is C17H18N2O4. The minimum atomic E-state index is -0.476. The van der Waals surface area contributed by atoms with Crippen LogP contribution in [-0.4, -0.2) is 43.7 Å². The monoisotopic (exact) mass is 314 g/mol. The SMILES string of the molecule is C#CC(NC(=O)CN1C(=O)COc2ccccc21)C1CCCO1. The van der Waals surface area contributed by atoms with Gasteiger partial charge in [0.1, 0.15) is 18.3 Å². The molecule has 0 saturated carbocycles. The molecule has 6 heteroatoms. The van der Waals surface area contributed by atoms with Crippen LogP contribution in [0.3, 0.4) is 0 Å². The van der Waals surface area contributed by atoms with Crippen LogP contribution in [0.1, 0.15) is 12.8 Å². The number of anilines is 1. The molecular weight excluding hydrogens is 296 g/mol. The van der Waals surface area contributed by atoms with E-state index in [1.54, 1.807) is 18.2 Å². The third-order valence-electron chi connectivity index (χ3n) is 3.94. The van der Waals surface area contributed by atoms with Gasteiger partial charge in [0, 0.05) is 6.61 Å². The van der Waals surface area contributed by atoms with E-state index >= 15 is 0 Å². The molecule has 2 atom stereocenters. The molecule has 1 fully saturated rings. The van der Waals surface area contributed by atoms with E-state index in [1.807, 2.05) is 6.07 Å². The molecule has 120 valence electrons. The first-order valence-electron chi connectivity index (χ1n) is 7.58. The van der Waals surface area contributed by atoms with Crippen LogP contribution in [0.4, 0.5) is 5.69 Å². The molecule has 0 bridgehead atoms. The van der Waals surface area contributed by atoms with Gasteiger partial charge >= 0.3 is 0 Å². The van der Waals surface area contributed by atoms with Gasteiger partial charge in [-0.1, -0.05) is 18.1 Å². The smallest absolute Gasteiger partial charge is 0.265 e. The number of carbonyl (C=O) groups is 2. The molecule has 1 aromatic rings. The van der Waals surface area contributed by atoms with Crippen molar-refractivity contribution in [1.29, 1.82) is 0 Å². The number of nitrogens with one attached hydrogen (secondary N) is 1. The Bertz CT molecular complexity index is 646.